The van der Waals surface area contributed by atoms with Crippen LogP contribution in [0.3, 0.4) is 0 Å². The minimum Gasteiger partial charge on any atom is -0.441 e. The minimum absolute atomic E-state index is 0.597. The summed E-state index contributed by atoms with van der Waals surface area (Å²) in [6, 6.07) is 6.89. The first kappa shape index (κ1) is 12.2. The van der Waals surface area contributed by atoms with Crippen LogP contribution in [-0.2, 0) is 0 Å². The molecule has 0 saturated heterocycles. The fourth-order valence-electron chi connectivity index (χ4n) is 2.86. The summed E-state index contributed by atoms with van der Waals surface area (Å²) in [5.74, 6) is 0. The van der Waals surface area contributed by atoms with E-state index in [9.17, 15) is 8.63 Å². The molecule has 2 aromatic rings. The molecule has 100 valence electrons. The van der Waals surface area contributed by atoms with E-state index < -0.39 is 6.97 Å². The van der Waals surface area contributed by atoms with Crippen molar-refractivity contribution in [3.63, 3.8) is 0 Å². The highest BCUT2D eigenvalue weighted by molar-refractivity contribution is 6.64. The molecule has 0 aromatic carbocycles. The lowest BCUT2D eigenvalue weighted by atomic mass is 9.90. The van der Waals surface area contributed by atoms with Crippen molar-refractivity contribution < 1.29 is 13.2 Å². The second-order valence-corrected chi connectivity index (χ2v) is 4.71. The number of nitrogens with zero attached hydrogens (tertiary/aromatic N) is 3. The number of aromatic nitrogens is 2. The highest BCUT2D eigenvalue weighted by atomic mass is 19.2. The molecule has 0 bridgehead atoms. The Kier molecular flexibility index (Phi) is 2.62. The summed E-state index contributed by atoms with van der Waals surface area (Å²) >= 11 is 0. The Morgan fingerprint density at radius 2 is 1.47 bits per heavy atom. The van der Waals surface area contributed by atoms with E-state index in [4.69, 9.17) is 0 Å². The van der Waals surface area contributed by atoms with Crippen LogP contribution in [0.15, 0.2) is 36.7 Å². The van der Waals surface area contributed by atoms with Crippen LogP contribution in [0.1, 0.15) is 25.2 Å². The van der Waals surface area contributed by atoms with E-state index >= 15 is 0 Å². The normalized spacial score (nSPS) is 16.1. The molecule has 0 saturated carbocycles. The maximum Gasteiger partial charge on any atom is 0.533 e. The summed E-state index contributed by atoms with van der Waals surface area (Å²) in [5.41, 5.74) is 2.08. The molecule has 0 aliphatic carbocycles. The Morgan fingerprint density at radius 3 is 1.89 bits per heavy atom. The molecule has 19 heavy (non-hydrogen) atoms. The van der Waals surface area contributed by atoms with E-state index in [1.807, 2.05) is 13.8 Å². The minimum atomic E-state index is -3.77. The third kappa shape index (κ3) is 1.52. The van der Waals surface area contributed by atoms with Gasteiger partial charge < -0.3 is 17.6 Å². The molecule has 0 N–H and O–H groups in total. The fourth-order valence-corrected chi connectivity index (χ4v) is 2.86. The second kappa shape index (κ2) is 4.08. The van der Waals surface area contributed by atoms with Crippen molar-refractivity contribution in [3.8, 4) is 0 Å². The highest BCUT2D eigenvalue weighted by Crippen LogP contribution is 2.28. The zero-order valence-electron chi connectivity index (χ0n) is 11.1. The molecule has 0 atom stereocenters. The summed E-state index contributed by atoms with van der Waals surface area (Å²) in [5, 5.41) is 0. The molecule has 3 heterocycles. The molecular formula is C13H16BF2N3. The molecule has 0 unspecified atom stereocenters. The van der Waals surface area contributed by atoms with Crippen molar-refractivity contribution in [1.29, 1.82) is 0 Å². The molecule has 6 heteroatoms. The maximum atomic E-state index is 14.5. The van der Waals surface area contributed by atoms with E-state index in [2.05, 4.69) is 4.58 Å². The Morgan fingerprint density at radius 1 is 1.00 bits per heavy atom. The SMILES string of the molecule is CC[N+](CC)=C1c2cccn2[B-](F)(F)n2cccc21. The molecule has 0 fully saturated rings. The number of halogens is 2. The lowest BCUT2D eigenvalue weighted by Gasteiger charge is -2.36. The molecule has 1 aliphatic rings. The van der Waals surface area contributed by atoms with Gasteiger partial charge in [0.2, 0.25) is 5.71 Å². The molecule has 0 spiro atoms. The highest BCUT2D eigenvalue weighted by Gasteiger charge is 2.41. The quantitative estimate of drug-likeness (QED) is 0.582. The van der Waals surface area contributed by atoms with Crippen LogP contribution >= 0.6 is 0 Å². The lowest BCUT2D eigenvalue weighted by Crippen LogP contribution is -2.50. The molecule has 0 radical (unpaired) electrons. The van der Waals surface area contributed by atoms with Crippen molar-refractivity contribution >= 4 is 12.7 Å². The molecule has 2 aromatic heterocycles. The van der Waals surface area contributed by atoms with E-state index in [1.165, 1.54) is 12.4 Å². The smallest absolute Gasteiger partial charge is 0.441 e. The van der Waals surface area contributed by atoms with Crippen molar-refractivity contribution in [1.82, 2.24) is 8.96 Å². The van der Waals surface area contributed by atoms with E-state index in [1.54, 1.807) is 24.3 Å². The lowest BCUT2D eigenvalue weighted by molar-refractivity contribution is -0.520. The number of fused-ring (bicyclic) bond motifs is 2. The van der Waals surface area contributed by atoms with Gasteiger partial charge in [0.05, 0.1) is 11.4 Å². The Bertz CT molecular complexity index is 602. The summed E-state index contributed by atoms with van der Waals surface area (Å²) in [7, 11) is 0. The van der Waals surface area contributed by atoms with Crippen molar-refractivity contribution in [2.24, 2.45) is 0 Å². The van der Waals surface area contributed by atoms with Gasteiger partial charge in [0.25, 0.3) is 0 Å². The number of rotatable bonds is 2. The van der Waals surface area contributed by atoms with Gasteiger partial charge >= 0.3 is 6.97 Å². The Balaban J connectivity index is 2.37. The summed E-state index contributed by atoms with van der Waals surface area (Å²) < 4.78 is 33.2. The van der Waals surface area contributed by atoms with Crippen molar-refractivity contribution in [2.75, 3.05) is 13.1 Å². The van der Waals surface area contributed by atoms with Crippen LogP contribution in [0.25, 0.3) is 0 Å². The molecular weight excluding hydrogens is 247 g/mol. The van der Waals surface area contributed by atoms with Gasteiger partial charge in [-0.2, -0.15) is 0 Å². The average molecular weight is 263 g/mol. The van der Waals surface area contributed by atoms with Crippen LogP contribution in [0.5, 0.6) is 0 Å². The van der Waals surface area contributed by atoms with Gasteiger partial charge in [-0.1, -0.05) is 0 Å². The van der Waals surface area contributed by atoms with Crippen LogP contribution < -0.4 is 0 Å². The standard InChI is InChI=1S/C13H16BF2N3/c1-3-17(4-2)13-11-7-5-9-18(11)14(15,16)19-10-6-8-12(13)19/h5-10H,3-4H2,1-2H3. The van der Waals surface area contributed by atoms with Crippen LogP contribution in [0, 0.1) is 0 Å². The van der Waals surface area contributed by atoms with Crippen LogP contribution in [0.4, 0.5) is 8.63 Å². The second-order valence-electron chi connectivity index (χ2n) is 4.71. The van der Waals surface area contributed by atoms with Gasteiger partial charge in [-0.25, -0.2) is 4.58 Å². The van der Waals surface area contributed by atoms with E-state index in [-0.39, 0.29) is 0 Å². The molecule has 0 amide bonds. The summed E-state index contributed by atoms with van der Waals surface area (Å²) in [6.45, 7) is 1.89. The van der Waals surface area contributed by atoms with Crippen molar-refractivity contribution in [3.05, 3.63) is 48.0 Å². The average Bonchev–Trinajstić information content (AvgIpc) is 3.04. The molecule has 1 aliphatic heterocycles. The monoisotopic (exact) mass is 263 g/mol. The predicted molar refractivity (Wildman–Crippen MR) is 72.2 cm³/mol. The number of hydrogen-bond donors (Lipinski definition) is 0. The Labute approximate surface area is 110 Å². The van der Waals surface area contributed by atoms with Gasteiger partial charge in [-0.3, -0.25) is 0 Å². The van der Waals surface area contributed by atoms with Gasteiger partial charge in [0, 0.05) is 0 Å². The summed E-state index contributed by atoms with van der Waals surface area (Å²) in [4.78, 5) is 0. The fraction of sp³-hybridized carbons (Fsp3) is 0.308. The summed E-state index contributed by atoms with van der Waals surface area (Å²) in [6.07, 6.45) is 2.92. The molecule has 3 rings (SSSR count). The van der Waals surface area contributed by atoms with Crippen molar-refractivity contribution in [2.45, 2.75) is 13.8 Å². The van der Waals surface area contributed by atoms with Gasteiger partial charge in [0.15, 0.2) is 0 Å². The molecule has 3 nitrogen and oxygen atoms in total. The first-order valence-corrected chi connectivity index (χ1v) is 6.60. The Hall–Kier alpha value is -1.85. The van der Waals surface area contributed by atoms with E-state index in [0.717, 1.165) is 27.8 Å². The van der Waals surface area contributed by atoms with E-state index in [0.29, 0.717) is 11.4 Å². The van der Waals surface area contributed by atoms with Crippen LogP contribution in [-0.4, -0.2) is 39.3 Å². The van der Waals surface area contributed by atoms with Gasteiger partial charge in [-0.05, 0) is 50.5 Å². The topological polar surface area (TPSA) is 12.9 Å². The largest absolute Gasteiger partial charge is 0.533 e. The zero-order valence-corrected chi connectivity index (χ0v) is 11.1. The van der Waals surface area contributed by atoms with Crippen LogP contribution in [0.2, 0.25) is 0 Å². The maximum absolute atomic E-state index is 14.5. The predicted octanol–water partition coefficient (Wildman–Crippen LogP) is 2.26. The third-order valence-corrected chi connectivity index (χ3v) is 3.79. The number of hydrogen-bond acceptors (Lipinski definition) is 0. The third-order valence-electron chi connectivity index (χ3n) is 3.79. The zero-order chi connectivity index (χ0) is 13.6. The van der Waals surface area contributed by atoms with Gasteiger partial charge in [-0.15, -0.1) is 0 Å². The van der Waals surface area contributed by atoms with Gasteiger partial charge in [0.1, 0.15) is 13.1 Å². The first-order valence-electron chi connectivity index (χ1n) is 6.60. The first-order chi connectivity index (χ1) is 9.11.